The van der Waals surface area contributed by atoms with Crippen LogP contribution in [0.15, 0.2) is 0 Å². The van der Waals surface area contributed by atoms with Gasteiger partial charge in [0.1, 0.15) is 0 Å². The molecule has 98 valence electrons. The molecule has 2 N–H and O–H groups in total. The summed E-state index contributed by atoms with van der Waals surface area (Å²) in [5, 5.41) is 12.7. The first kappa shape index (κ1) is 15.9. The van der Waals surface area contributed by atoms with Crippen molar-refractivity contribution in [1.29, 1.82) is 0 Å². The van der Waals surface area contributed by atoms with E-state index < -0.39 is 0 Å². The molecule has 16 heavy (non-hydrogen) atoms. The molecule has 3 heteroatoms. The van der Waals surface area contributed by atoms with Gasteiger partial charge in [-0.2, -0.15) is 0 Å². The summed E-state index contributed by atoms with van der Waals surface area (Å²) in [5.74, 6) is 0. The van der Waals surface area contributed by atoms with Crippen molar-refractivity contribution in [3.05, 3.63) is 0 Å². The number of hydrogen-bond donors (Lipinski definition) is 2. The van der Waals surface area contributed by atoms with E-state index in [1.165, 1.54) is 0 Å². The van der Waals surface area contributed by atoms with Gasteiger partial charge in [-0.25, -0.2) is 0 Å². The van der Waals surface area contributed by atoms with Crippen molar-refractivity contribution in [3.8, 4) is 0 Å². The van der Waals surface area contributed by atoms with Gasteiger partial charge in [0, 0.05) is 25.3 Å². The van der Waals surface area contributed by atoms with Crippen LogP contribution < -0.4 is 5.32 Å². The SMILES string of the molecule is CCC(C)(CCO)NC(C)CC(C)(C)OC. The molecule has 0 aliphatic carbocycles. The molecule has 0 bridgehead atoms. The summed E-state index contributed by atoms with van der Waals surface area (Å²) in [4.78, 5) is 0. The topological polar surface area (TPSA) is 41.5 Å². The maximum atomic E-state index is 9.06. The second-order valence-corrected chi connectivity index (χ2v) is 5.60. The van der Waals surface area contributed by atoms with E-state index in [9.17, 15) is 0 Å². The van der Waals surface area contributed by atoms with Gasteiger partial charge in [0.15, 0.2) is 0 Å². The maximum Gasteiger partial charge on any atom is 0.0637 e. The van der Waals surface area contributed by atoms with Crippen LogP contribution in [-0.2, 0) is 4.74 Å². The molecule has 0 aromatic rings. The first-order valence-electron chi connectivity index (χ1n) is 6.22. The normalized spacial score (nSPS) is 18.2. The molecule has 2 unspecified atom stereocenters. The predicted molar refractivity (Wildman–Crippen MR) is 68.7 cm³/mol. The van der Waals surface area contributed by atoms with Gasteiger partial charge in [0.05, 0.1) is 5.60 Å². The highest BCUT2D eigenvalue weighted by Crippen LogP contribution is 2.20. The monoisotopic (exact) mass is 231 g/mol. The Bertz CT molecular complexity index is 194. The standard InChI is InChI=1S/C13H29NO2/c1-7-13(5,8-9-15)14-11(2)10-12(3,4)16-6/h11,14-15H,7-10H2,1-6H3. The molecule has 0 spiro atoms. The number of hydrogen-bond acceptors (Lipinski definition) is 3. The Morgan fingerprint density at radius 3 is 2.25 bits per heavy atom. The third-order valence-corrected chi connectivity index (χ3v) is 3.39. The van der Waals surface area contributed by atoms with E-state index in [1.54, 1.807) is 7.11 Å². The molecule has 0 aliphatic rings. The lowest BCUT2D eigenvalue weighted by Gasteiger charge is -2.35. The lowest BCUT2D eigenvalue weighted by atomic mass is 9.91. The fourth-order valence-corrected chi connectivity index (χ4v) is 2.06. The fraction of sp³-hybridized carbons (Fsp3) is 1.00. The van der Waals surface area contributed by atoms with Crippen molar-refractivity contribution in [3.63, 3.8) is 0 Å². The van der Waals surface area contributed by atoms with Crippen LogP contribution in [0.5, 0.6) is 0 Å². The fourth-order valence-electron chi connectivity index (χ4n) is 2.06. The van der Waals surface area contributed by atoms with E-state index in [0.717, 1.165) is 19.3 Å². The minimum atomic E-state index is -0.0969. The Hall–Kier alpha value is -0.120. The van der Waals surface area contributed by atoms with Crippen molar-refractivity contribution >= 4 is 0 Å². The highest BCUT2D eigenvalue weighted by Gasteiger charge is 2.26. The van der Waals surface area contributed by atoms with Crippen LogP contribution in [0, 0.1) is 0 Å². The Morgan fingerprint density at radius 1 is 1.31 bits per heavy atom. The zero-order valence-electron chi connectivity index (χ0n) is 11.8. The molecule has 0 aliphatic heterocycles. The average molecular weight is 231 g/mol. The molecule has 0 heterocycles. The highest BCUT2D eigenvalue weighted by atomic mass is 16.5. The van der Waals surface area contributed by atoms with E-state index in [-0.39, 0.29) is 17.7 Å². The van der Waals surface area contributed by atoms with Crippen molar-refractivity contribution in [2.24, 2.45) is 0 Å². The van der Waals surface area contributed by atoms with Crippen LogP contribution in [0.1, 0.15) is 53.9 Å². The number of nitrogens with one attached hydrogen (secondary N) is 1. The van der Waals surface area contributed by atoms with Crippen molar-refractivity contribution in [2.75, 3.05) is 13.7 Å². The second-order valence-electron chi connectivity index (χ2n) is 5.60. The van der Waals surface area contributed by atoms with E-state index in [4.69, 9.17) is 9.84 Å². The summed E-state index contributed by atoms with van der Waals surface area (Å²) in [6.07, 6.45) is 2.77. The summed E-state index contributed by atoms with van der Waals surface area (Å²) in [5.41, 5.74) is -0.0712. The summed E-state index contributed by atoms with van der Waals surface area (Å²) in [6, 6.07) is 0.381. The smallest absolute Gasteiger partial charge is 0.0637 e. The largest absolute Gasteiger partial charge is 0.396 e. The van der Waals surface area contributed by atoms with Gasteiger partial charge < -0.3 is 15.2 Å². The molecule has 3 nitrogen and oxygen atoms in total. The molecule has 0 saturated heterocycles. The van der Waals surface area contributed by atoms with Crippen LogP contribution in [0.4, 0.5) is 0 Å². The minimum absolute atomic E-state index is 0.0258. The minimum Gasteiger partial charge on any atom is -0.396 e. The molecule has 0 fully saturated rings. The van der Waals surface area contributed by atoms with Crippen LogP contribution in [0.25, 0.3) is 0 Å². The lowest BCUT2D eigenvalue weighted by molar-refractivity contribution is 0.00543. The Balaban J connectivity index is 4.25. The van der Waals surface area contributed by atoms with E-state index in [0.29, 0.717) is 6.04 Å². The maximum absolute atomic E-state index is 9.06. The second kappa shape index (κ2) is 6.58. The summed E-state index contributed by atoms with van der Waals surface area (Å²) < 4.78 is 5.43. The molecule has 0 aromatic carbocycles. The number of aliphatic hydroxyl groups excluding tert-OH is 1. The van der Waals surface area contributed by atoms with Gasteiger partial charge in [-0.1, -0.05) is 6.92 Å². The first-order chi connectivity index (χ1) is 7.28. The molecule has 0 aromatic heterocycles. The third-order valence-electron chi connectivity index (χ3n) is 3.39. The van der Waals surface area contributed by atoms with Gasteiger partial charge in [0.2, 0.25) is 0 Å². The molecular formula is C13H29NO2. The predicted octanol–water partition coefficient (Wildman–Crippen LogP) is 2.33. The number of aliphatic hydroxyl groups is 1. The van der Waals surface area contributed by atoms with Gasteiger partial charge in [-0.15, -0.1) is 0 Å². The van der Waals surface area contributed by atoms with Gasteiger partial charge in [-0.05, 0) is 47.0 Å². The average Bonchev–Trinajstić information content (AvgIpc) is 2.17. The molecule has 0 saturated carbocycles. The molecular weight excluding hydrogens is 202 g/mol. The highest BCUT2D eigenvalue weighted by molar-refractivity contribution is 4.86. The van der Waals surface area contributed by atoms with E-state index in [1.807, 2.05) is 0 Å². The Labute approximate surface area is 101 Å². The lowest BCUT2D eigenvalue weighted by Crippen LogP contribution is -2.49. The summed E-state index contributed by atoms with van der Waals surface area (Å²) >= 11 is 0. The van der Waals surface area contributed by atoms with Crippen LogP contribution in [0.2, 0.25) is 0 Å². The van der Waals surface area contributed by atoms with Crippen LogP contribution >= 0.6 is 0 Å². The van der Waals surface area contributed by atoms with Gasteiger partial charge >= 0.3 is 0 Å². The zero-order chi connectivity index (χ0) is 12.8. The third kappa shape index (κ3) is 5.83. The first-order valence-corrected chi connectivity index (χ1v) is 6.22. The number of ether oxygens (including phenoxy) is 1. The van der Waals surface area contributed by atoms with Crippen LogP contribution in [-0.4, -0.2) is 36.0 Å². The molecule has 0 radical (unpaired) electrons. The number of rotatable bonds is 8. The van der Waals surface area contributed by atoms with Crippen molar-refractivity contribution < 1.29 is 9.84 Å². The molecule has 0 rings (SSSR count). The van der Waals surface area contributed by atoms with Crippen LogP contribution in [0.3, 0.4) is 0 Å². The summed E-state index contributed by atoms with van der Waals surface area (Å²) in [6.45, 7) is 10.9. The van der Waals surface area contributed by atoms with Crippen molar-refractivity contribution in [1.82, 2.24) is 5.32 Å². The quantitative estimate of drug-likeness (QED) is 0.673. The van der Waals surface area contributed by atoms with Gasteiger partial charge in [-0.3, -0.25) is 0 Å². The Morgan fingerprint density at radius 2 is 1.88 bits per heavy atom. The van der Waals surface area contributed by atoms with Gasteiger partial charge in [0.25, 0.3) is 0 Å². The zero-order valence-corrected chi connectivity index (χ0v) is 11.8. The molecule has 0 amide bonds. The number of methoxy groups -OCH3 is 1. The van der Waals surface area contributed by atoms with E-state index >= 15 is 0 Å². The Kier molecular flexibility index (Phi) is 6.53. The summed E-state index contributed by atoms with van der Waals surface area (Å²) in [7, 11) is 1.75. The van der Waals surface area contributed by atoms with E-state index in [2.05, 4.69) is 39.9 Å². The molecule has 2 atom stereocenters. The van der Waals surface area contributed by atoms with Crippen molar-refractivity contribution in [2.45, 2.75) is 71.1 Å².